The van der Waals surface area contributed by atoms with Gasteiger partial charge in [0.1, 0.15) is 19.0 Å². The maximum Gasteiger partial charge on any atom is 1.00 e. The van der Waals surface area contributed by atoms with Crippen LogP contribution in [0.25, 0.3) is 27.2 Å². The van der Waals surface area contributed by atoms with Gasteiger partial charge in [0, 0.05) is 31.2 Å². The van der Waals surface area contributed by atoms with E-state index >= 15 is 0 Å². The second kappa shape index (κ2) is 17.9. The minimum Gasteiger partial charge on any atom is -0.474 e. The van der Waals surface area contributed by atoms with Gasteiger partial charge in [-0.1, -0.05) is 62.7 Å². The fourth-order valence-corrected chi connectivity index (χ4v) is 5.19. The van der Waals surface area contributed by atoms with Gasteiger partial charge < -0.3 is 28.3 Å². The van der Waals surface area contributed by atoms with E-state index in [1.165, 1.54) is 13.3 Å². The van der Waals surface area contributed by atoms with Crippen LogP contribution >= 0.6 is 0 Å². The van der Waals surface area contributed by atoms with E-state index in [2.05, 4.69) is 50.2 Å². The SMILES string of the molecule is CCOC(C)=O.Cc1ccc(-c2c([N-]S(=O)(=O)c3ccc(C(C)(C)C)cc3)ncnc2OCCOc2ncc(-c3ccco3)cn2)cc1.[Na+]. The Kier molecular flexibility index (Phi) is 14.3. The van der Waals surface area contributed by atoms with E-state index in [9.17, 15) is 13.2 Å². The van der Waals surface area contributed by atoms with Gasteiger partial charge in [0.25, 0.3) is 0 Å². The van der Waals surface area contributed by atoms with Crippen molar-refractivity contribution in [2.75, 3.05) is 19.8 Å². The number of hydrogen-bond donors (Lipinski definition) is 0. The number of hydrogen-bond acceptors (Lipinski definition) is 11. The molecule has 0 aliphatic heterocycles. The van der Waals surface area contributed by atoms with Crippen molar-refractivity contribution >= 4 is 21.8 Å². The molecular weight excluding hydrogens is 657 g/mol. The van der Waals surface area contributed by atoms with Crippen molar-refractivity contribution in [2.24, 2.45) is 0 Å². The molecule has 0 unspecified atom stereocenters. The van der Waals surface area contributed by atoms with Crippen molar-refractivity contribution in [3.05, 3.63) is 101 Å². The zero-order chi connectivity index (χ0) is 34.7. The van der Waals surface area contributed by atoms with E-state index in [4.69, 9.17) is 13.9 Å². The summed E-state index contributed by atoms with van der Waals surface area (Å²) in [6.45, 7) is 12.0. The Morgan fingerprint density at radius 1 is 0.878 bits per heavy atom. The van der Waals surface area contributed by atoms with E-state index in [1.54, 1.807) is 55.9 Å². The number of rotatable bonds is 11. The third-order valence-electron chi connectivity index (χ3n) is 6.69. The summed E-state index contributed by atoms with van der Waals surface area (Å²) < 4.78 is 52.0. The third-order valence-corrected chi connectivity index (χ3v) is 7.97. The van der Waals surface area contributed by atoms with Crippen LogP contribution in [-0.2, 0) is 25.0 Å². The van der Waals surface area contributed by atoms with Crippen LogP contribution in [0.1, 0.15) is 45.7 Å². The molecule has 252 valence electrons. The van der Waals surface area contributed by atoms with Crippen molar-refractivity contribution in [1.82, 2.24) is 19.9 Å². The molecule has 0 atom stereocenters. The number of aromatic nitrogens is 4. The first-order valence-corrected chi connectivity index (χ1v) is 16.6. The van der Waals surface area contributed by atoms with Gasteiger partial charge in [0.05, 0.1) is 23.3 Å². The van der Waals surface area contributed by atoms with Crippen LogP contribution < -0.4 is 39.0 Å². The summed E-state index contributed by atoms with van der Waals surface area (Å²) in [5.74, 6) is 0.588. The summed E-state index contributed by atoms with van der Waals surface area (Å²) in [4.78, 5) is 26.8. The molecule has 3 heterocycles. The van der Waals surface area contributed by atoms with Crippen molar-refractivity contribution < 1.29 is 61.4 Å². The Labute approximate surface area is 309 Å². The van der Waals surface area contributed by atoms with Gasteiger partial charge in [-0.2, -0.15) is 0 Å². The first-order valence-electron chi connectivity index (χ1n) is 15.1. The minimum absolute atomic E-state index is 0. The number of ether oxygens (including phenoxy) is 3. The Balaban J connectivity index is 0.000000853. The topological polar surface area (TPSA) is 158 Å². The van der Waals surface area contributed by atoms with Gasteiger partial charge in [-0.15, -0.1) is 0 Å². The predicted molar refractivity (Wildman–Crippen MR) is 181 cm³/mol. The van der Waals surface area contributed by atoms with Gasteiger partial charge in [0.2, 0.25) is 15.9 Å². The molecule has 0 aliphatic carbocycles. The van der Waals surface area contributed by atoms with E-state index in [0.717, 1.165) is 16.7 Å². The molecule has 0 radical (unpaired) electrons. The van der Waals surface area contributed by atoms with Crippen LogP contribution in [0.15, 0.2) is 95.0 Å². The fourth-order valence-electron chi connectivity index (χ4n) is 4.24. The second-order valence-electron chi connectivity index (χ2n) is 11.4. The number of furan rings is 1. The van der Waals surface area contributed by atoms with Gasteiger partial charge in [-0.25, -0.2) is 23.4 Å². The zero-order valence-corrected chi connectivity index (χ0v) is 31.5. The van der Waals surface area contributed by atoms with Crippen LogP contribution in [0, 0.1) is 6.92 Å². The number of benzene rings is 2. The molecule has 0 spiro atoms. The van der Waals surface area contributed by atoms with Crippen LogP contribution in [0.2, 0.25) is 0 Å². The molecule has 0 saturated carbocycles. The second-order valence-corrected chi connectivity index (χ2v) is 13.0. The van der Waals surface area contributed by atoms with E-state index < -0.39 is 10.0 Å². The quantitative estimate of drug-likeness (QED) is 0.111. The summed E-state index contributed by atoms with van der Waals surface area (Å²) in [6, 6.07) is 18.0. The average molecular weight is 696 g/mol. The smallest absolute Gasteiger partial charge is 0.474 e. The van der Waals surface area contributed by atoms with Crippen molar-refractivity contribution in [3.63, 3.8) is 0 Å². The molecule has 2 aromatic carbocycles. The summed E-state index contributed by atoms with van der Waals surface area (Å²) in [6.07, 6.45) is 6.01. The number of nitrogens with zero attached hydrogens (tertiary/aromatic N) is 5. The van der Waals surface area contributed by atoms with Crippen LogP contribution in [-0.4, -0.2) is 54.1 Å². The largest absolute Gasteiger partial charge is 1.00 e. The molecule has 12 nitrogen and oxygen atoms in total. The van der Waals surface area contributed by atoms with Gasteiger partial charge in [-0.05, 0) is 60.5 Å². The molecule has 0 fully saturated rings. The molecule has 0 aliphatic rings. The molecule has 3 aromatic heterocycles. The van der Waals surface area contributed by atoms with E-state index in [-0.39, 0.29) is 76.8 Å². The molecule has 0 N–H and O–H groups in total. The van der Waals surface area contributed by atoms with Gasteiger partial charge >= 0.3 is 41.5 Å². The van der Waals surface area contributed by atoms with E-state index in [1.807, 2.05) is 37.3 Å². The summed E-state index contributed by atoms with van der Waals surface area (Å²) in [5.41, 5.74) is 3.67. The van der Waals surface area contributed by atoms with Crippen LogP contribution in [0.3, 0.4) is 0 Å². The van der Waals surface area contributed by atoms with Crippen molar-refractivity contribution in [2.45, 2.75) is 51.9 Å². The number of carbonyl (C=O) groups is 1. The maximum absolute atomic E-state index is 13.3. The summed E-state index contributed by atoms with van der Waals surface area (Å²) in [5, 5.41) is 0. The summed E-state index contributed by atoms with van der Waals surface area (Å²) >= 11 is 0. The monoisotopic (exact) mass is 695 g/mol. The molecule has 14 heteroatoms. The molecule has 5 aromatic rings. The third kappa shape index (κ3) is 11.4. The zero-order valence-electron chi connectivity index (χ0n) is 28.7. The fraction of sp³-hybridized carbons (Fsp3) is 0.286. The number of esters is 1. The Bertz CT molecular complexity index is 1880. The Morgan fingerprint density at radius 2 is 1.53 bits per heavy atom. The first-order chi connectivity index (χ1) is 22.9. The molecule has 5 rings (SSSR count). The van der Waals surface area contributed by atoms with Crippen LogP contribution in [0.4, 0.5) is 5.82 Å². The molecule has 0 amide bonds. The average Bonchev–Trinajstić information content (AvgIpc) is 3.59. The van der Waals surface area contributed by atoms with E-state index in [0.29, 0.717) is 23.5 Å². The van der Waals surface area contributed by atoms with Crippen LogP contribution in [0.5, 0.6) is 11.9 Å². The molecular formula is C35H38N5NaO7S. The van der Waals surface area contributed by atoms with Gasteiger partial charge in [0.15, 0.2) is 0 Å². The Morgan fingerprint density at radius 3 is 2.08 bits per heavy atom. The maximum atomic E-state index is 13.3. The first kappa shape index (κ1) is 39.1. The molecule has 0 bridgehead atoms. The standard InChI is InChI=1S/C31H30N5O5S.C4H8O2.Na/c1-21-7-9-22(10-8-21)27-28(36-42(37,38)25-13-11-24(12-14-25)31(2,3)4)34-20-35-29(27)40-16-17-41-30-32-18-23(19-33-30)26-6-5-15-39-26;1-3-6-4(2)5;/h5-15,18-20H,16-17H2,1-4H3;3H2,1-2H3;/q-1;;+1. The Hall–Kier alpha value is -4.30. The molecule has 49 heavy (non-hydrogen) atoms. The number of sulfonamides is 1. The number of carbonyl (C=O) groups excluding carboxylic acids is 1. The predicted octanol–water partition coefficient (Wildman–Crippen LogP) is 4.22. The minimum atomic E-state index is -4.08. The normalized spacial score (nSPS) is 11.0. The van der Waals surface area contributed by atoms with Crippen molar-refractivity contribution in [3.8, 4) is 34.3 Å². The van der Waals surface area contributed by atoms with Crippen molar-refractivity contribution in [1.29, 1.82) is 0 Å². The molecule has 0 saturated heterocycles. The van der Waals surface area contributed by atoms with Gasteiger partial charge in [-0.3, -0.25) is 4.79 Å². The summed E-state index contributed by atoms with van der Waals surface area (Å²) in [7, 11) is -4.08. The number of aryl methyl sites for hydroxylation is 1.